The number of nitrogens with one attached hydrogen (secondary N) is 2. The number of rotatable bonds is 9. The molecule has 0 aliphatic rings. The third kappa shape index (κ3) is 5.57. The highest BCUT2D eigenvalue weighted by Crippen LogP contribution is 2.28. The number of aliphatic carboxylic acids is 1. The summed E-state index contributed by atoms with van der Waals surface area (Å²) >= 11 is 0. The Hall–Kier alpha value is -3.36. The third-order valence-corrected chi connectivity index (χ3v) is 3.96. The monoisotopic (exact) mass is 390 g/mol. The SMILES string of the molecule is CCCc1cc(=O)oc2c(C)c(OCC(=O)NCC(=O)NCC(=O)O)ccc12. The summed E-state index contributed by atoms with van der Waals surface area (Å²) in [6.45, 7) is 2.52. The molecule has 2 aromatic rings. The molecule has 28 heavy (non-hydrogen) atoms. The molecular weight excluding hydrogens is 368 g/mol. The highest BCUT2D eigenvalue weighted by atomic mass is 16.5. The van der Waals surface area contributed by atoms with E-state index in [1.54, 1.807) is 19.1 Å². The zero-order valence-corrected chi connectivity index (χ0v) is 15.7. The van der Waals surface area contributed by atoms with Crippen LogP contribution < -0.4 is 21.0 Å². The number of hydrogen-bond acceptors (Lipinski definition) is 6. The van der Waals surface area contributed by atoms with E-state index in [9.17, 15) is 19.2 Å². The van der Waals surface area contributed by atoms with Gasteiger partial charge in [0.05, 0.1) is 6.54 Å². The molecule has 2 rings (SSSR count). The minimum Gasteiger partial charge on any atom is -0.483 e. The van der Waals surface area contributed by atoms with Crippen molar-refractivity contribution in [1.29, 1.82) is 0 Å². The van der Waals surface area contributed by atoms with E-state index < -0.39 is 30.0 Å². The predicted octanol–water partition coefficient (Wildman–Crippen LogP) is 0.750. The lowest BCUT2D eigenvalue weighted by Crippen LogP contribution is -2.40. The Balaban J connectivity index is 2.01. The zero-order chi connectivity index (χ0) is 20.7. The maximum Gasteiger partial charge on any atom is 0.336 e. The minimum absolute atomic E-state index is 0.350. The van der Waals surface area contributed by atoms with Crippen LogP contribution in [0.5, 0.6) is 5.75 Å². The van der Waals surface area contributed by atoms with Crippen LogP contribution in [0.15, 0.2) is 27.4 Å². The Bertz CT molecular complexity index is 949. The average Bonchev–Trinajstić information content (AvgIpc) is 2.64. The lowest BCUT2D eigenvalue weighted by molar-refractivity contribution is -0.137. The van der Waals surface area contributed by atoms with Gasteiger partial charge in [-0.25, -0.2) is 4.79 Å². The van der Waals surface area contributed by atoms with Gasteiger partial charge in [-0.1, -0.05) is 13.3 Å². The Kier molecular flexibility index (Phi) is 7.14. The maximum atomic E-state index is 11.8. The van der Waals surface area contributed by atoms with Gasteiger partial charge in [0.25, 0.3) is 5.91 Å². The Labute approximate surface area is 160 Å². The predicted molar refractivity (Wildman–Crippen MR) is 100 cm³/mol. The van der Waals surface area contributed by atoms with Crippen molar-refractivity contribution in [2.24, 2.45) is 0 Å². The van der Waals surface area contributed by atoms with E-state index in [0.717, 1.165) is 23.8 Å². The fourth-order valence-electron chi connectivity index (χ4n) is 2.65. The average molecular weight is 390 g/mol. The van der Waals surface area contributed by atoms with Crippen molar-refractivity contribution in [2.75, 3.05) is 19.7 Å². The van der Waals surface area contributed by atoms with E-state index in [2.05, 4.69) is 10.6 Å². The van der Waals surface area contributed by atoms with Crippen LogP contribution in [0.3, 0.4) is 0 Å². The molecule has 0 aliphatic carbocycles. The third-order valence-electron chi connectivity index (χ3n) is 3.96. The lowest BCUT2D eigenvalue weighted by atomic mass is 10.0. The summed E-state index contributed by atoms with van der Waals surface area (Å²) in [5, 5.41) is 13.7. The maximum absolute atomic E-state index is 11.8. The van der Waals surface area contributed by atoms with E-state index >= 15 is 0 Å². The van der Waals surface area contributed by atoms with Gasteiger partial charge >= 0.3 is 11.6 Å². The molecule has 0 unspecified atom stereocenters. The van der Waals surface area contributed by atoms with Gasteiger partial charge in [0.15, 0.2) is 6.61 Å². The van der Waals surface area contributed by atoms with Gasteiger partial charge in [0.1, 0.15) is 17.9 Å². The van der Waals surface area contributed by atoms with Crippen LogP contribution in [-0.4, -0.2) is 42.6 Å². The first kappa shape index (κ1) is 20.9. The van der Waals surface area contributed by atoms with E-state index in [4.69, 9.17) is 14.3 Å². The minimum atomic E-state index is -1.18. The molecule has 0 atom stereocenters. The normalized spacial score (nSPS) is 10.5. The number of aryl methyl sites for hydroxylation is 2. The fraction of sp³-hybridized carbons (Fsp3) is 0.368. The number of carbonyl (C=O) groups excluding carboxylic acids is 2. The summed E-state index contributed by atoms with van der Waals surface area (Å²) in [6.07, 6.45) is 1.63. The highest BCUT2D eigenvalue weighted by molar-refractivity contribution is 5.87. The van der Waals surface area contributed by atoms with Gasteiger partial charge in [-0.3, -0.25) is 14.4 Å². The number of benzene rings is 1. The summed E-state index contributed by atoms with van der Waals surface area (Å²) in [4.78, 5) is 45.4. The molecule has 150 valence electrons. The van der Waals surface area contributed by atoms with Gasteiger partial charge in [-0.05, 0) is 31.0 Å². The summed E-state index contributed by atoms with van der Waals surface area (Å²) < 4.78 is 10.8. The van der Waals surface area contributed by atoms with Crippen molar-refractivity contribution in [3.8, 4) is 5.75 Å². The van der Waals surface area contributed by atoms with E-state index in [0.29, 0.717) is 16.9 Å². The topological polar surface area (TPSA) is 135 Å². The van der Waals surface area contributed by atoms with Crippen LogP contribution >= 0.6 is 0 Å². The first-order valence-corrected chi connectivity index (χ1v) is 8.76. The molecular formula is C19H22N2O7. The molecule has 3 N–H and O–H groups in total. The summed E-state index contributed by atoms with van der Waals surface area (Å²) in [5.41, 5.74) is 1.47. The second-order valence-electron chi connectivity index (χ2n) is 6.14. The van der Waals surface area contributed by atoms with Gasteiger partial charge in [-0.2, -0.15) is 0 Å². The van der Waals surface area contributed by atoms with E-state index in [1.807, 2.05) is 6.92 Å². The van der Waals surface area contributed by atoms with Crippen LogP contribution in [0, 0.1) is 6.92 Å². The van der Waals surface area contributed by atoms with Crippen molar-refractivity contribution in [1.82, 2.24) is 10.6 Å². The Morgan fingerprint density at radius 1 is 1.14 bits per heavy atom. The van der Waals surface area contributed by atoms with E-state index in [1.165, 1.54) is 6.07 Å². The smallest absolute Gasteiger partial charge is 0.336 e. The highest BCUT2D eigenvalue weighted by Gasteiger charge is 2.13. The molecule has 1 heterocycles. The molecule has 0 fully saturated rings. The summed E-state index contributed by atoms with van der Waals surface area (Å²) in [7, 11) is 0. The standard InChI is InChI=1S/C19H22N2O7/c1-3-4-12-7-18(26)28-19-11(2)14(6-5-13(12)19)27-10-16(23)20-8-15(22)21-9-17(24)25/h5-7H,3-4,8-10H2,1-2H3,(H,20,23)(H,21,22)(H,24,25). The summed E-state index contributed by atoms with van der Waals surface area (Å²) in [6, 6.07) is 4.96. The van der Waals surface area contributed by atoms with Crippen molar-refractivity contribution < 1.29 is 28.6 Å². The first-order valence-electron chi connectivity index (χ1n) is 8.76. The number of fused-ring (bicyclic) bond motifs is 1. The van der Waals surface area contributed by atoms with Crippen LogP contribution in [0.4, 0.5) is 0 Å². The molecule has 0 spiro atoms. The number of hydrogen-bond donors (Lipinski definition) is 3. The number of carboxylic acids is 1. The number of carboxylic acid groups (broad SMARTS) is 1. The van der Waals surface area contributed by atoms with Crippen molar-refractivity contribution >= 4 is 28.8 Å². The zero-order valence-electron chi connectivity index (χ0n) is 15.7. The molecule has 1 aromatic carbocycles. The molecule has 0 radical (unpaired) electrons. The molecule has 2 amide bonds. The van der Waals surface area contributed by atoms with E-state index in [-0.39, 0.29) is 13.2 Å². The van der Waals surface area contributed by atoms with Gasteiger partial charge in [-0.15, -0.1) is 0 Å². The number of carbonyl (C=O) groups is 3. The van der Waals surface area contributed by atoms with Crippen molar-refractivity contribution in [3.63, 3.8) is 0 Å². The molecule has 9 heteroatoms. The largest absolute Gasteiger partial charge is 0.483 e. The van der Waals surface area contributed by atoms with Crippen LogP contribution in [-0.2, 0) is 20.8 Å². The second kappa shape index (κ2) is 9.54. The lowest BCUT2D eigenvalue weighted by Gasteiger charge is -2.12. The summed E-state index contributed by atoms with van der Waals surface area (Å²) in [5.74, 6) is -1.97. The van der Waals surface area contributed by atoms with Crippen LogP contribution in [0.25, 0.3) is 11.0 Å². The van der Waals surface area contributed by atoms with Gasteiger partial charge in [0, 0.05) is 17.0 Å². The Morgan fingerprint density at radius 2 is 1.86 bits per heavy atom. The fourth-order valence-corrected chi connectivity index (χ4v) is 2.65. The molecule has 0 bridgehead atoms. The Morgan fingerprint density at radius 3 is 2.54 bits per heavy atom. The van der Waals surface area contributed by atoms with Crippen molar-refractivity contribution in [3.05, 3.63) is 39.7 Å². The van der Waals surface area contributed by atoms with Crippen LogP contribution in [0.1, 0.15) is 24.5 Å². The molecule has 0 saturated carbocycles. The molecule has 9 nitrogen and oxygen atoms in total. The van der Waals surface area contributed by atoms with Crippen molar-refractivity contribution in [2.45, 2.75) is 26.7 Å². The molecule has 0 aliphatic heterocycles. The van der Waals surface area contributed by atoms with Gasteiger partial charge in [0.2, 0.25) is 5.91 Å². The van der Waals surface area contributed by atoms with Gasteiger partial charge < -0.3 is 24.9 Å². The second-order valence-corrected chi connectivity index (χ2v) is 6.14. The number of ether oxygens (including phenoxy) is 1. The number of amides is 2. The molecule has 0 saturated heterocycles. The first-order chi connectivity index (χ1) is 13.3. The quantitative estimate of drug-likeness (QED) is 0.538. The molecule has 1 aromatic heterocycles. The van der Waals surface area contributed by atoms with Crippen LogP contribution in [0.2, 0.25) is 0 Å².